The fraction of sp³-hybridized carbons (Fsp3) is 0.312. The van der Waals surface area contributed by atoms with Crippen molar-refractivity contribution < 1.29 is 14.6 Å². The van der Waals surface area contributed by atoms with Crippen LogP contribution >= 0.6 is 0 Å². The number of aliphatic hydroxyl groups is 1. The SMILES string of the molecule is COc1ccc(OC)c(C(O)Cn2c(C)cccc2=O)c1. The van der Waals surface area contributed by atoms with Crippen molar-refractivity contribution in [2.24, 2.45) is 0 Å². The second-order valence-electron chi connectivity index (χ2n) is 4.74. The van der Waals surface area contributed by atoms with Crippen molar-refractivity contribution in [2.45, 2.75) is 19.6 Å². The van der Waals surface area contributed by atoms with Gasteiger partial charge in [-0.1, -0.05) is 6.07 Å². The number of ether oxygens (including phenoxy) is 2. The predicted octanol–water partition coefficient (Wildman–Crippen LogP) is 1.91. The van der Waals surface area contributed by atoms with Gasteiger partial charge >= 0.3 is 0 Å². The highest BCUT2D eigenvalue weighted by molar-refractivity contribution is 5.41. The van der Waals surface area contributed by atoms with Crippen LogP contribution in [0.5, 0.6) is 11.5 Å². The van der Waals surface area contributed by atoms with Crippen LogP contribution < -0.4 is 15.0 Å². The average molecular weight is 289 g/mol. The number of methoxy groups -OCH3 is 2. The molecule has 0 saturated heterocycles. The van der Waals surface area contributed by atoms with Gasteiger partial charge in [-0.05, 0) is 31.2 Å². The van der Waals surface area contributed by atoms with Gasteiger partial charge < -0.3 is 19.1 Å². The minimum atomic E-state index is -0.867. The number of hydrogen-bond acceptors (Lipinski definition) is 4. The number of aromatic nitrogens is 1. The third kappa shape index (κ3) is 3.25. The van der Waals surface area contributed by atoms with Crippen molar-refractivity contribution in [1.82, 2.24) is 4.57 Å². The summed E-state index contributed by atoms with van der Waals surface area (Å²) in [5.41, 5.74) is 1.24. The van der Waals surface area contributed by atoms with Crippen LogP contribution in [0.4, 0.5) is 0 Å². The number of benzene rings is 1. The molecular formula is C16H19NO4. The Kier molecular flexibility index (Phi) is 4.65. The topological polar surface area (TPSA) is 60.7 Å². The van der Waals surface area contributed by atoms with Gasteiger partial charge in [-0.15, -0.1) is 0 Å². The maximum Gasteiger partial charge on any atom is 0.250 e. The lowest BCUT2D eigenvalue weighted by Gasteiger charge is -2.18. The van der Waals surface area contributed by atoms with Crippen LogP contribution in [0.25, 0.3) is 0 Å². The molecule has 1 heterocycles. The molecule has 112 valence electrons. The van der Waals surface area contributed by atoms with Gasteiger partial charge in [0.15, 0.2) is 0 Å². The quantitative estimate of drug-likeness (QED) is 0.913. The third-order valence-electron chi connectivity index (χ3n) is 3.42. The van der Waals surface area contributed by atoms with E-state index in [-0.39, 0.29) is 12.1 Å². The van der Waals surface area contributed by atoms with E-state index in [0.29, 0.717) is 17.1 Å². The van der Waals surface area contributed by atoms with Crippen LogP contribution in [0, 0.1) is 6.92 Å². The van der Waals surface area contributed by atoms with E-state index in [1.165, 1.54) is 17.7 Å². The second kappa shape index (κ2) is 6.45. The molecule has 1 atom stereocenters. The van der Waals surface area contributed by atoms with Crippen molar-refractivity contribution in [2.75, 3.05) is 14.2 Å². The maximum atomic E-state index is 11.9. The molecule has 5 nitrogen and oxygen atoms in total. The Morgan fingerprint density at radius 2 is 1.95 bits per heavy atom. The molecule has 0 aliphatic carbocycles. The van der Waals surface area contributed by atoms with E-state index < -0.39 is 6.10 Å². The molecule has 0 radical (unpaired) electrons. The molecule has 0 spiro atoms. The lowest BCUT2D eigenvalue weighted by molar-refractivity contribution is 0.150. The summed E-state index contributed by atoms with van der Waals surface area (Å²) in [6.45, 7) is 1.99. The van der Waals surface area contributed by atoms with Crippen LogP contribution in [-0.4, -0.2) is 23.9 Å². The highest BCUT2D eigenvalue weighted by Crippen LogP contribution is 2.30. The van der Waals surface area contributed by atoms with E-state index in [1.54, 1.807) is 31.4 Å². The van der Waals surface area contributed by atoms with Gasteiger partial charge in [0, 0.05) is 17.3 Å². The summed E-state index contributed by atoms with van der Waals surface area (Å²) in [5.74, 6) is 1.19. The first-order chi connectivity index (χ1) is 10.1. The van der Waals surface area contributed by atoms with E-state index in [1.807, 2.05) is 13.0 Å². The van der Waals surface area contributed by atoms with Crippen molar-refractivity contribution in [3.63, 3.8) is 0 Å². The van der Waals surface area contributed by atoms with E-state index in [0.717, 1.165) is 5.69 Å². The molecule has 0 aliphatic heterocycles. The average Bonchev–Trinajstić information content (AvgIpc) is 2.50. The summed E-state index contributed by atoms with van der Waals surface area (Å²) in [7, 11) is 3.10. The highest BCUT2D eigenvalue weighted by Gasteiger charge is 2.16. The minimum absolute atomic E-state index is 0.143. The first-order valence-electron chi connectivity index (χ1n) is 6.63. The fourth-order valence-electron chi connectivity index (χ4n) is 2.23. The van der Waals surface area contributed by atoms with Gasteiger partial charge in [-0.2, -0.15) is 0 Å². The van der Waals surface area contributed by atoms with Crippen molar-refractivity contribution in [1.29, 1.82) is 0 Å². The summed E-state index contributed by atoms with van der Waals surface area (Å²) in [4.78, 5) is 11.9. The summed E-state index contributed by atoms with van der Waals surface area (Å²) in [6.07, 6.45) is -0.867. The van der Waals surface area contributed by atoms with E-state index in [2.05, 4.69) is 0 Å². The Morgan fingerprint density at radius 1 is 1.19 bits per heavy atom. The van der Waals surface area contributed by atoms with Crippen molar-refractivity contribution in [3.05, 3.63) is 58.0 Å². The lowest BCUT2D eigenvalue weighted by atomic mass is 10.1. The lowest BCUT2D eigenvalue weighted by Crippen LogP contribution is -2.24. The second-order valence-corrected chi connectivity index (χ2v) is 4.74. The van der Waals surface area contributed by atoms with Crippen LogP contribution in [0.15, 0.2) is 41.2 Å². The normalized spacial score (nSPS) is 12.0. The number of aryl methyl sites for hydroxylation is 1. The van der Waals surface area contributed by atoms with E-state index in [9.17, 15) is 9.90 Å². The number of aliphatic hydroxyl groups excluding tert-OH is 1. The number of nitrogens with zero attached hydrogens (tertiary/aromatic N) is 1. The zero-order valence-corrected chi connectivity index (χ0v) is 12.4. The first kappa shape index (κ1) is 15.1. The van der Waals surface area contributed by atoms with Gasteiger partial charge in [0.05, 0.1) is 20.8 Å². The molecule has 1 N–H and O–H groups in total. The molecule has 21 heavy (non-hydrogen) atoms. The molecule has 1 unspecified atom stereocenters. The Balaban J connectivity index is 2.36. The summed E-state index contributed by atoms with van der Waals surface area (Å²) in [5, 5.41) is 10.5. The standard InChI is InChI=1S/C16H19NO4/c1-11-5-4-6-16(19)17(11)10-14(18)13-9-12(20-2)7-8-15(13)21-3/h4-9,14,18H,10H2,1-3H3. The molecule has 5 heteroatoms. The Bertz CT molecular complexity index is 678. The molecule has 2 aromatic rings. The monoisotopic (exact) mass is 289 g/mol. The third-order valence-corrected chi connectivity index (χ3v) is 3.42. The Hall–Kier alpha value is -2.27. The van der Waals surface area contributed by atoms with Crippen molar-refractivity contribution >= 4 is 0 Å². The smallest absolute Gasteiger partial charge is 0.250 e. The molecule has 0 amide bonds. The highest BCUT2D eigenvalue weighted by atomic mass is 16.5. The summed E-state index contributed by atoms with van der Waals surface area (Å²) in [6, 6.07) is 10.2. The fourth-order valence-corrected chi connectivity index (χ4v) is 2.23. The molecule has 1 aromatic carbocycles. The molecule has 0 fully saturated rings. The van der Waals surface area contributed by atoms with Gasteiger partial charge in [0.25, 0.3) is 5.56 Å². The first-order valence-corrected chi connectivity index (χ1v) is 6.63. The van der Waals surface area contributed by atoms with Gasteiger partial charge in [-0.3, -0.25) is 4.79 Å². The van der Waals surface area contributed by atoms with Gasteiger partial charge in [0.1, 0.15) is 17.6 Å². The molecule has 0 bridgehead atoms. The molecule has 0 saturated carbocycles. The molecular weight excluding hydrogens is 270 g/mol. The van der Waals surface area contributed by atoms with Crippen LogP contribution in [0.1, 0.15) is 17.4 Å². The predicted molar refractivity (Wildman–Crippen MR) is 79.9 cm³/mol. The zero-order valence-electron chi connectivity index (χ0n) is 12.4. The summed E-state index contributed by atoms with van der Waals surface area (Å²) >= 11 is 0. The van der Waals surface area contributed by atoms with Crippen LogP contribution in [0.3, 0.4) is 0 Å². The molecule has 0 aliphatic rings. The molecule has 2 rings (SSSR count). The zero-order chi connectivity index (χ0) is 15.4. The van der Waals surface area contributed by atoms with E-state index >= 15 is 0 Å². The largest absolute Gasteiger partial charge is 0.497 e. The Morgan fingerprint density at radius 3 is 2.57 bits per heavy atom. The number of pyridine rings is 1. The van der Waals surface area contributed by atoms with Gasteiger partial charge in [0.2, 0.25) is 0 Å². The summed E-state index contributed by atoms with van der Waals surface area (Å²) < 4.78 is 12.0. The number of rotatable bonds is 5. The minimum Gasteiger partial charge on any atom is -0.497 e. The van der Waals surface area contributed by atoms with Crippen LogP contribution in [-0.2, 0) is 6.54 Å². The number of hydrogen-bond donors (Lipinski definition) is 1. The van der Waals surface area contributed by atoms with Crippen molar-refractivity contribution in [3.8, 4) is 11.5 Å². The maximum absolute atomic E-state index is 11.9. The van der Waals surface area contributed by atoms with E-state index in [4.69, 9.17) is 9.47 Å². The molecule has 1 aromatic heterocycles. The van der Waals surface area contributed by atoms with Gasteiger partial charge in [-0.25, -0.2) is 0 Å². The van der Waals surface area contributed by atoms with Crippen LogP contribution in [0.2, 0.25) is 0 Å². The Labute approximate surface area is 123 Å².